The van der Waals surface area contributed by atoms with Gasteiger partial charge in [0.15, 0.2) is 0 Å². The fourth-order valence-corrected chi connectivity index (χ4v) is 3.06. The summed E-state index contributed by atoms with van der Waals surface area (Å²) < 4.78 is 11.2. The van der Waals surface area contributed by atoms with E-state index >= 15 is 0 Å². The molecule has 0 aliphatic heterocycles. The van der Waals surface area contributed by atoms with E-state index in [2.05, 4.69) is 12.2 Å². The third-order valence-electron chi connectivity index (χ3n) is 4.09. The molecule has 0 aromatic rings. The van der Waals surface area contributed by atoms with E-state index in [0.29, 0.717) is 13.0 Å². The van der Waals surface area contributed by atoms with Crippen molar-refractivity contribution < 1.29 is 9.00 Å². The van der Waals surface area contributed by atoms with Crippen molar-refractivity contribution in [2.45, 2.75) is 64.0 Å². The first kappa shape index (κ1) is 15.7. The molecule has 0 unspecified atom stereocenters. The molecule has 1 fully saturated rings. The Hall–Kier alpha value is -0.380. The number of hydrogen-bond donors (Lipinski definition) is 1. The maximum absolute atomic E-state index is 11.9. The summed E-state index contributed by atoms with van der Waals surface area (Å²) in [5, 5.41) is 3.13. The van der Waals surface area contributed by atoms with Gasteiger partial charge in [0.25, 0.3) is 0 Å². The van der Waals surface area contributed by atoms with E-state index in [4.69, 9.17) is 0 Å². The van der Waals surface area contributed by atoms with Crippen LogP contribution in [0.5, 0.6) is 0 Å². The predicted molar refractivity (Wildman–Crippen MR) is 77.0 cm³/mol. The van der Waals surface area contributed by atoms with Gasteiger partial charge in [-0.3, -0.25) is 9.00 Å². The van der Waals surface area contributed by atoms with Crippen molar-refractivity contribution in [2.24, 2.45) is 5.41 Å². The molecule has 0 spiro atoms. The molecule has 0 saturated heterocycles. The highest BCUT2D eigenvalue weighted by atomic mass is 32.2. The third kappa shape index (κ3) is 5.51. The lowest BCUT2D eigenvalue weighted by atomic mass is 9.73. The Bertz CT molecular complexity index is 298. The van der Waals surface area contributed by atoms with Crippen molar-refractivity contribution in [3.8, 4) is 0 Å². The minimum absolute atomic E-state index is 0.161. The molecule has 1 aliphatic carbocycles. The molecule has 18 heavy (non-hydrogen) atoms. The van der Waals surface area contributed by atoms with Crippen LogP contribution in [0.3, 0.4) is 0 Å². The Morgan fingerprint density at radius 1 is 1.33 bits per heavy atom. The average Bonchev–Trinajstić information content (AvgIpc) is 2.28. The molecule has 1 rings (SSSR count). The molecule has 0 aromatic carbocycles. The largest absolute Gasteiger partial charge is 0.356 e. The smallest absolute Gasteiger partial charge is 0.220 e. The summed E-state index contributed by atoms with van der Waals surface area (Å²) >= 11 is 0. The maximum Gasteiger partial charge on any atom is 0.220 e. The molecule has 3 nitrogen and oxygen atoms in total. The number of carbonyl (C=O) groups excluding carboxylic acids is 1. The van der Waals surface area contributed by atoms with Crippen LogP contribution >= 0.6 is 0 Å². The molecular formula is C14H27NO2S. The standard InChI is InChI=1S/C14H27NO2S/c1-12(18(3)17)7-10-15-13(16)11-14(2)8-5-4-6-9-14/h12H,4-11H2,1-3H3,(H,15,16)/t12-,18-/m0/s1. The highest BCUT2D eigenvalue weighted by Crippen LogP contribution is 2.38. The molecule has 0 heterocycles. The van der Waals surface area contributed by atoms with Crippen LogP contribution in [0.2, 0.25) is 0 Å². The minimum Gasteiger partial charge on any atom is -0.356 e. The van der Waals surface area contributed by atoms with Crippen molar-refractivity contribution in [2.75, 3.05) is 12.8 Å². The molecule has 1 saturated carbocycles. The Morgan fingerprint density at radius 3 is 2.50 bits per heavy atom. The lowest BCUT2D eigenvalue weighted by Crippen LogP contribution is -2.33. The van der Waals surface area contributed by atoms with Crippen LogP contribution in [-0.4, -0.2) is 28.2 Å². The first-order chi connectivity index (χ1) is 8.43. The highest BCUT2D eigenvalue weighted by Gasteiger charge is 2.29. The van der Waals surface area contributed by atoms with Crippen LogP contribution in [0.15, 0.2) is 0 Å². The lowest BCUT2D eigenvalue weighted by molar-refractivity contribution is -0.123. The fraction of sp³-hybridized carbons (Fsp3) is 0.929. The van der Waals surface area contributed by atoms with Gasteiger partial charge in [0.2, 0.25) is 5.91 Å². The van der Waals surface area contributed by atoms with E-state index < -0.39 is 10.8 Å². The van der Waals surface area contributed by atoms with E-state index in [1.165, 1.54) is 32.1 Å². The molecule has 1 amide bonds. The van der Waals surface area contributed by atoms with Crippen LogP contribution in [-0.2, 0) is 15.6 Å². The van der Waals surface area contributed by atoms with Crippen molar-refractivity contribution in [3.05, 3.63) is 0 Å². The van der Waals surface area contributed by atoms with Crippen molar-refractivity contribution in [1.82, 2.24) is 5.32 Å². The quantitative estimate of drug-likeness (QED) is 0.808. The zero-order valence-electron chi connectivity index (χ0n) is 12.0. The third-order valence-corrected chi connectivity index (χ3v) is 5.46. The van der Waals surface area contributed by atoms with E-state index in [9.17, 15) is 9.00 Å². The zero-order valence-corrected chi connectivity index (χ0v) is 12.8. The SMILES string of the molecule is C[C@@H](CCNC(=O)CC1(C)CCCCC1)[S@](C)=O. The molecule has 1 aliphatic rings. The van der Waals surface area contributed by atoms with Gasteiger partial charge in [-0.15, -0.1) is 0 Å². The maximum atomic E-state index is 11.9. The Balaban J connectivity index is 2.22. The molecule has 106 valence electrons. The Morgan fingerprint density at radius 2 is 1.94 bits per heavy atom. The highest BCUT2D eigenvalue weighted by molar-refractivity contribution is 7.84. The summed E-state index contributed by atoms with van der Waals surface area (Å²) in [5.41, 5.74) is 0.210. The zero-order chi connectivity index (χ0) is 13.6. The molecule has 4 heteroatoms. The van der Waals surface area contributed by atoms with E-state index in [-0.39, 0.29) is 16.6 Å². The van der Waals surface area contributed by atoms with Gasteiger partial charge in [0.1, 0.15) is 0 Å². The summed E-state index contributed by atoms with van der Waals surface area (Å²) in [6.45, 7) is 4.84. The second kappa shape index (κ2) is 7.27. The van der Waals surface area contributed by atoms with E-state index in [0.717, 1.165) is 6.42 Å². The van der Waals surface area contributed by atoms with Gasteiger partial charge in [-0.2, -0.15) is 0 Å². The molecule has 0 aromatic heterocycles. The molecule has 0 bridgehead atoms. The minimum atomic E-state index is -0.791. The number of amides is 1. The fourth-order valence-electron chi connectivity index (χ4n) is 2.61. The second-order valence-electron chi connectivity index (χ2n) is 6.00. The first-order valence-electron chi connectivity index (χ1n) is 7.02. The van der Waals surface area contributed by atoms with Crippen molar-refractivity contribution in [1.29, 1.82) is 0 Å². The van der Waals surface area contributed by atoms with Gasteiger partial charge in [-0.05, 0) is 24.7 Å². The number of hydrogen-bond acceptors (Lipinski definition) is 2. The van der Waals surface area contributed by atoms with Crippen LogP contribution in [0.25, 0.3) is 0 Å². The molecule has 1 N–H and O–H groups in total. The van der Waals surface area contributed by atoms with Crippen molar-refractivity contribution in [3.63, 3.8) is 0 Å². The summed E-state index contributed by atoms with van der Waals surface area (Å²) in [4.78, 5) is 11.9. The molecule has 2 atom stereocenters. The average molecular weight is 273 g/mol. The number of rotatable bonds is 6. The van der Waals surface area contributed by atoms with Gasteiger partial charge < -0.3 is 5.32 Å². The summed E-state index contributed by atoms with van der Waals surface area (Å²) in [7, 11) is -0.791. The van der Waals surface area contributed by atoms with Gasteiger partial charge in [-0.1, -0.05) is 33.1 Å². The van der Waals surface area contributed by atoms with Crippen LogP contribution in [0, 0.1) is 5.41 Å². The summed E-state index contributed by atoms with van der Waals surface area (Å²) in [5.74, 6) is 0.161. The number of nitrogens with one attached hydrogen (secondary N) is 1. The normalized spacial score (nSPS) is 22.2. The van der Waals surface area contributed by atoms with Crippen LogP contribution in [0.1, 0.15) is 58.8 Å². The Labute approximate surface area is 114 Å². The first-order valence-corrected chi connectivity index (χ1v) is 8.64. The lowest BCUT2D eigenvalue weighted by Gasteiger charge is -2.32. The number of carbonyl (C=O) groups is 1. The van der Waals surface area contributed by atoms with Gasteiger partial charge >= 0.3 is 0 Å². The topological polar surface area (TPSA) is 46.2 Å². The van der Waals surface area contributed by atoms with Crippen molar-refractivity contribution >= 4 is 16.7 Å². The van der Waals surface area contributed by atoms with E-state index in [1.807, 2.05) is 6.92 Å². The van der Waals surface area contributed by atoms with Crippen LogP contribution < -0.4 is 5.32 Å². The monoisotopic (exact) mass is 273 g/mol. The van der Waals surface area contributed by atoms with E-state index in [1.54, 1.807) is 6.26 Å². The second-order valence-corrected chi connectivity index (χ2v) is 7.80. The summed E-state index contributed by atoms with van der Waals surface area (Å²) in [6, 6.07) is 0. The molecule has 0 radical (unpaired) electrons. The predicted octanol–water partition coefficient (Wildman–Crippen LogP) is 2.62. The van der Waals surface area contributed by atoms with Gasteiger partial charge in [0, 0.05) is 35.3 Å². The molecular weight excluding hydrogens is 246 g/mol. The Kier molecular flexibility index (Phi) is 6.33. The van der Waals surface area contributed by atoms with Crippen LogP contribution in [0.4, 0.5) is 0 Å². The summed E-state index contributed by atoms with van der Waals surface area (Å²) in [6.07, 6.45) is 9.35. The van der Waals surface area contributed by atoms with Gasteiger partial charge in [0.05, 0.1) is 0 Å². The van der Waals surface area contributed by atoms with Gasteiger partial charge in [-0.25, -0.2) is 0 Å².